The maximum Gasteiger partial charge on any atom is 2.00 e. The Morgan fingerprint density at radius 2 is 0.429 bits per heavy atom. The molecule has 0 saturated heterocycles. The Bertz CT molecular complexity index is 992. The van der Waals surface area contributed by atoms with Gasteiger partial charge in [-0.05, 0) is 37.5 Å². The molecule has 63 heavy (non-hydrogen) atoms. The van der Waals surface area contributed by atoms with E-state index in [1.54, 1.807) is 0 Å². The quantitative estimate of drug-likeness (QED) is 0.0255. The van der Waals surface area contributed by atoms with Crippen LogP contribution >= 0.6 is 0 Å². The van der Waals surface area contributed by atoms with Gasteiger partial charge in [0.25, 0.3) is 0 Å². The normalized spacial score (nSPS) is 12.8. The van der Waals surface area contributed by atoms with Gasteiger partial charge in [0.15, 0.2) is 0 Å². The van der Waals surface area contributed by atoms with E-state index in [4.69, 9.17) is 0 Å². The van der Waals surface area contributed by atoms with Crippen LogP contribution in [0.4, 0.5) is 0 Å². The SMILES string of the molecule is CCCCCCCCCCCCCCCCCC(CCCCCCC)COS(=O)(=O)[O-].CCCCCCCCCCCCCCCCCC(CCCCCCC)COS(=O)(=O)[O-].[Ca+2]. The topological polar surface area (TPSA) is 133 Å². The van der Waals surface area contributed by atoms with E-state index in [-0.39, 0.29) is 62.8 Å². The van der Waals surface area contributed by atoms with Gasteiger partial charge in [-0.25, -0.2) is 16.8 Å². The molecule has 0 aliphatic carbocycles. The molecule has 0 aromatic carbocycles. The molecule has 8 nitrogen and oxygen atoms in total. The van der Waals surface area contributed by atoms with E-state index in [1.807, 2.05) is 0 Å². The number of hydrogen-bond acceptors (Lipinski definition) is 8. The maximum absolute atomic E-state index is 10.8. The Morgan fingerprint density at radius 3 is 0.571 bits per heavy atom. The zero-order chi connectivity index (χ0) is 46.1. The number of hydrogen-bond donors (Lipinski definition) is 0. The first-order chi connectivity index (χ1) is 30.0. The first kappa shape index (κ1) is 68.3. The van der Waals surface area contributed by atoms with Crippen LogP contribution in [-0.4, -0.2) is 76.9 Å². The summed E-state index contributed by atoms with van der Waals surface area (Å²) >= 11 is 0. The Kier molecular flexibility index (Phi) is 58.5. The zero-order valence-corrected chi connectivity index (χ0v) is 46.3. The molecule has 0 aliphatic heterocycles. The van der Waals surface area contributed by atoms with Gasteiger partial charge in [-0.3, -0.25) is 8.37 Å². The molecule has 0 rings (SSSR count). The molecule has 0 radical (unpaired) electrons. The van der Waals surface area contributed by atoms with Crippen molar-refractivity contribution in [2.75, 3.05) is 13.2 Å². The Morgan fingerprint density at radius 1 is 0.286 bits per heavy atom. The fourth-order valence-electron chi connectivity index (χ4n) is 8.66. The molecular formula is C52H106CaO8S2. The van der Waals surface area contributed by atoms with Crippen molar-refractivity contribution in [3.05, 3.63) is 0 Å². The van der Waals surface area contributed by atoms with Crippen molar-refractivity contribution in [2.24, 2.45) is 11.8 Å². The van der Waals surface area contributed by atoms with Crippen LogP contribution in [-0.2, 0) is 29.2 Å². The molecule has 0 N–H and O–H groups in total. The van der Waals surface area contributed by atoms with Crippen LogP contribution < -0.4 is 0 Å². The largest absolute Gasteiger partial charge is 2.00 e. The molecule has 11 heteroatoms. The van der Waals surface area contributed by atoms with E-state index in [0.717, 1.165) is 51.4 Å². The van der Waals surface area contributed by atoms with E-state index in [0.29, 0.717) is 0 Å². The van der Waals surface area contributed by atoms with Gasteiger partial charge in [-0.15, -0.1) is 0 Å². The van der Waals surface area contributed by atoms with Crippen molar-refractivity contribution in [2.45, 2.75) is 310 Å². The fraction of sp³-hybridized carbons (Fsp3) is 1.00. The van der Waals surface area contributed by atoms with E-state index < -0.39 is 20.8 Å². The van der Waals surface area contributed by atoms with Crippen molar-refractivity contribution < 1.29 is 34.3 Å². The standard InChI is InChI=1S/2C26H54O4S.Ca/c2*1-3-5-7-9-10-11-12-13-14-15-16-17-18-20-22-24-26(25-30-31(27,28)29)23-21-19-8-6-4-2;/h2*26H,3-25H2,1-2H3,(H,27,28,29);/q;;+2/p-2. The Labute approximate surface area is 424 Å². The first-order valence-electron chi connectivity index (χ1n) is 27.2. The Balaban J connectivity index is -0.00000112. The van der Waals surface area contributed by atoms with Crippen LogP contribution in [0.5, 0.6) is 0 Å². The minimum Gasteiger partial charge on any atom is -0.726 e. The van der Waals surface area contributed by atoms with Gasteiger partial charge < -0.3 is 9.11 Å². The molecule has 0 saturated carbocycles. The summed E-state index contributed by atoms with van der Waals surface area (Å²) < 4.78 is 73.8. The van der Waals surface area contributed by atoms with Gasteiger partial charge in [0.05, 0.1) is 13.2 Å². The number of unbranched alkanes of at least 4 members (excludes halogenated alkanes) is 36. The average Bonchev–Trinajstić information content (AvgIpc) is 3.23. The van der Waals surface area contributed by atoms with Crippen molar-refractivity contribution in [3.8, 4) is 0 Å². The average molecular weight is 964 g/mol. The van der Waals surface area contributed by atoms with Crippen LogP contribution in [0.25, 0.3) is 0 Å². The molecule has 0 bridgehead atoms. The van der Waals surface area contributed by atoms with Gasteiger partial charge >= 0.3 is 37.7 Å². The monoisotopic (exact) mass is 963 g/mol. The van der Waals surface area contributed by atoms with Crippen LogP contribution in [0.1, 0.15) is 310 Å². The van der Waals surface area contributed by atoms with E-state index >= 15 is 0 Å². The van der Waals surface area contributed by atoms with Crippen LogP contribution in [0.3, 0.4) is 0 Å². The molecule has 0 aromatic rings. The third-order valence-corrected chi connectivity index (χ3v) is 13.6. The second-order valence-electron chi connectivity index (χ2n) is 19.0. The minimum absolute atomic E-state index is 0. The number of rotatable bonds is 50. The zero-order valence-electron chi connectivity index (χ0n) is 42.5. The summed E-state index contributed by atoms with van der Waals surface area (Å²) in [6.07, 6.45) is 56.3. The molecule has 0 aromatic heterocycles. The van der Waals surface area contributed by atoms with Gasteiger partial charge in [-0.2, -0.15) is 0 Å². The van der Waals surface area contributed by atoms with Crippen molar-refractivity contribution in [3.63, 3.8) is 0 Å². The Hall–Kier alpha value is 1.000. The fourth-order valence-corrected chi connectivity index (χ4v) is 9.38. The molecule has 0 heterocycles. The molecule has 0 fully saturated rings. The molecule has 376 valence electrons. The smallest absolute Gasteiger partial charge is 0.726 e. The predicted molar refractivity (Wildman–Crippen MR) is 270 cm³/mol. The van der Waals surface area contributed by atoms with Crippen molar-refractivity contribution >= 4 is 58.5 Å². The molecule has 2 unspecified atom stereocenters. The summed E-state index contributed by atoms with van der Waals surface area (Å²) in [5, 5.41) is 0. The summed E-state index contributed by atoms with van der Waals surface area (Å²) in [5.74, 6) is 0.402. The summed E-state index contributed by atoms with van der Waals surface area (Å²) in [5.41, 5.74) is 0. The van der Waals surface area contributed by atoms with Crippen molar-refractivity contribution in [1.82, 2.24) is 0 Å². The van der Waals surface area contributed by atoms with Crippen LogP contribution in [0.15, 0.2) is 0 Å². The third kappa shape index (κ3) is 63.0. The van der Waals surface area contributed by atoms with E-state index in [1.165, 1.54) is 231 Å². The van der Waals surface area contributed by atoms with Gasteiger partial charge in [-0.1, -0.05) is 285 Å². The summed E-state index contributed by atoms with van der Waals surface area (Å²) in [6.45, 7) is 9.08. The van der Waals surface area contributed by atoms with Crippen LogP contribution in [0, 0.1) is 11.8 Å². The van der Waals surface area contributed by atoms with Gasteiger partial charge in [0.2, 0.25) is 20.8 Å². The van der Waals surface area contributed by atoms with Gasteiger partial charge in [0, 0.05) is 0 Å². The summed E-state index contributed by atoms with van der Waals surface area (Å²) in [6, 6.07) is 0. The second-order valence-corrected chi connectivity index (χ2v) is 21.1. The molecule has 0 spiro atoms. The van der Waals surface area contributed by atoms with E-state index in [9.17, 15) is 25.9 Å². The third-order valence-electron chi connectivity index (χ3n) is 12.8. The van der Waals surface area contributed by atoms with Gasteiger partial charge in [0.1, 0.15) is 0 Å². The summed E-state index contributed by atoms with van der Waals surface area (Å²) in [7, 11) is -9.14. The first-order valence-corrected chi connectivity index (χ1v) is 29.9. The second kappa shape index (κ2) is 53.9. The predicted octanol–water partition coefficient (Wildman–Crippen LogP) is 17.0. The summed E-state index contributed by atoms with van der Waals surface area (Å²) in [4.78, 5) is 0. The minimum atomic E-state index is -4.57. The molecule has 2 atom stereocenters. The molecule has 0 amide bonds. The molecule has 0 aliphatic rings. The maximum atomic E-state index is 10.8. The van der Waals surface area contributed by atoms with E-state index in [2.05, 4.69) is 36.1 Å². The molecular weight excluding hydrogens is 857 g/mol. The van der Waals surface area contributed by atoms with Crippen molar-refractivity contribution in [1.29, 1.82) is 0 Å². The van der Waals surface area contributed by atoms with Crippen LogP contribution in [0.2, 0.25) is 0 Å².